The molecule has 2 aliphatic heterocycles. The molecule has 2 amide bonds. The molecule has 2 aliphatic rings. The van der Waals surface area contributed by atoms with Gasteiger partial charge in [-0.3, -0.25) is 9.59 Å². The standard InChI is InChI=1S/C92H136N2O2S4/c1-11-16-21-25-29-33-37-41-45-49-54-73-84(99-87-74(55-50-46-42-38-34-30-26-22-17-12-2)85(100-86(73)87)81-58-59-82(98-81)91(6,7)8)80-57-56-79(97-80)83-75-65-69-63-72-68-78-76(66-70(72)64-71(69)67-77(75)89(95)93(83)61-52-47-43-39-35-31-27-23-18-13-3)88(92(9,10)60-51-20-15-5)94(90(78)96)62-53-48-44-40-36-32-28-24-19-14-4/h56-59,63-68H,11-55,60-62H2,1-10H3. The maximum absolute atomic E-state index is 15.5. The second kappa shape index (κ2) is 41.6. The second-order valence-electron chi connectivity index (χ2n) is 32.6. The lowest BCUT2D eigenvalue weighted by Crippen LogP contribution is -2.33. The third-order valence-electron chi connectivity index (χ3n) is 22.5. The molecule has 0 fully saturated rings. The molecule has 0 saturated heterocycles. The number of nitrogens with zero attached hydrogens (tertiary/aromatic N) is 2. The van der Waals surface area contributed by atoms with Gasteiger partial charge in [0.15, 0.2) is 0 Å². The summed E-state index contributed by atoms with van der Waals surface area (Å²) in [4.78, 5) is 43.4. The van der Waals surface area contributed by atoms with Gasteiger partial charge in [0.2, 0.25) is 0 Å². The molecule has 7 aromatic rings. The first-order valence-corrected chi connectivity index (χ1v) is 45.2. The Labute approximate surface area is 625 Å². The maximum Gasteiger partial charge on any atom is 0.259 e. The Balaban J connectivity index is 1.07. The average molecular weight is 1430 g/mol. The SMILES string of the molecule is CCCCCCCCCCCCc1c(-c2ccc(C3=c4cc5cc6cc7c(cc6cc5cc4C(=O)N3CCCCCCCCCCCC)=C(C(C)(C)CCCCC)N(CCCCCCCCCCCC)C7=O)s2)sc2c(CCCCCCCCCCCC)c(-c3ccc(C(C)(C)C)s3)sc12. The molecule has 4 nitrogen and oxygen atoms in total. The summed E-state index contributed by atoms with van der Waals surface area (Å²) in [5.41, 5.74) is 7.16. The molecule has 6 heterocycles. The summed E-state index contributed by atoms with van der Waals surface area (Å²) in [7, 11) is 0. The Bertz CT molecular complexity index is 3760. The molecule has 0 spiro atoms. The Morgan fingerprint density at radius 3 is 1.10 bits per heavy atom. The van der Waals surface area contributed by atoms with E-state index in [2.05, 4.69) is 162 Å². The zero-order chi connectivity index (χ0) is 70.7. The van der Waals surface area contributed by atoms with Crippen LogP contribution in [-0.4, -0.2) is 34.7 Å². The van der Waals surface area contributed by atoms with Crippen LogP contribution in [0.1, 0.15) is 393 Å². The van der Waals surface area contributed by atoms with E-state index >= 15 is 9.59 Å². The fourth-order valence-electron chi connectivity index (χ4n) is 16.4. The fourth-order valence-corrected chi connectivity index (χ4v) is 21.8. The highest BCUT2D eigenvalue weighted by atomic mass is 32.1. The molecule has 4 aromatic heterocycles. The predicted octanol–water partition coefficient (Wildman–Crippen LogP) is 29.6. The van der Waals surface area contributed by atoms with Crippen LogP contribution in [-0.2, 0) is 18.3 Å². The highest BCUT2D eigenvalue weighted by molar-refractivity contribution is 7.34. The maximum atomic E-state index is 15.5. The Hall–Kier alpha value is -4.08. The minimum atomic E-state index is -0.147. The zero-order valence-electron chi connectivity index (χ0n) is 65.1. The highest BCUT2D eigenvalue weighted by Crippen LogP contribution is 2.53. The largest absolute Gasteiger partial charge is 0.311 e. The lowest BCUT2D eigenvalue weighted by atomic mass is 9.82. The molecule has 0 unspecified atom stereocenters. The first kappa shape index (κ1) is 80.0. The van der Waals surface area contributed by atoms with Gasteiger partial charge in [-0.1, -0.05) is 320 Å². The van der Waals surface area contributed by atoms with Gasteiger partial charge in [0, 0.05) is 79.6 Å². The Morgan fingerprint density at radius 2 is 0.670 bits per heavy atom. The van der Waals surface area contributed by atoms with E-state index in [1.54, 1.807) is 20.5 Å². The van der Waals surface area contributed by atoms with E-state index in [1.807, 2.05) is 22.7 Å². The van der Waals surface area contributed by atoms with Gasteiger partial charge in [0.25, 0.3) is 11.8 Å². The molecule has 550 valence electrons. The Morgan fingerprint density at radius 1 is 0.330 bits per heavy atom. The normalized spacial score (nSPS) is 13.6. The first-order chi connectivity index (χ1) is 48.7. The molecule has 0 bridgehead atoms. The van der Waals surface area contributed by atoms with E-state index in [1.165, 1.54) is 285 Å². The van der Waals surface area contributed by atoms with E-state index in [0.29, 0.717) is 0 Å². The van der Waals surface area contributed by atoms with Crippen molar-refractivity contribution in [2.45, 2.75) is 370 Å². The van der Waals surface area contributed by atoms with Crippen molar-refractivity contribution in [3.8, 4) is 19.5 Å². The van der Waals surface area contributed by atoms with E-state index in [4.69, 9.17) is 0 Å². The van der Waals surface area contributed by atoms with Gasteiger partial charge in [-0.15, -0.1) is 45.3 Å². The number of rotatable bonds is 52. The molecule has 0 radical (unpaired) electrons. The predicted molar refractivity (Wildman–Crippen MR) is 446 cm³/mol. The van der Waals surface area contributed by atoms with Gasteiger partial charge in [-0.05, 0) is 144 Å². The summed E-state index contributed by atoms with van der Waals surface area (Å²) in [5.74, 6) is 0.327. The second-order valence-corrected chi connectivity index (χ2v) is 36.8. The number of hydrogen-bond acceptors (Lipinski definition) is 6. The van der Waals surface area contributed by atoms with Crippen LogP contribution in [0.5, 0.6) is 0 Å². The van der Waals surface area contributed by atoms with Gasteiger partial charge in [-0.25, -0.2) is 0 Å². The molecule has 9 rings (SSSR count). The monoisotopic (exact) mass is 1430 g/mol. The highest BCUT2D eigenvalue weighted by Gasteiger charge is 2.38. The molecule has 0 saturated carbocycles. The number of hydrogen-bond donors (Lipinski definition) is 0. The van der Waals surface area contributed by atoms with Gasteiger partial charge in [-0.2, -0.15) is 0 Å². The third kappa shape index (κ3) is 22.0. The van der Waals surface area contributed by atoms with E-state index in [-0.39, 0.29) is 22.6 Å². The van der Waals surface area contributed by atoms with E-state index in [0.717, 1.165) is 107 Å². The molecule has 0 aliphatic carbocycles. The summed E-state index contributed by atoms with van der Waals surface area (Å²) in [6, 6.07) is 23.5. The lowest BCUT2D eigenvalue weighted by Gasteiger charge is -2.33. The van der Waals surface area contributed by atoms with Crippen molar-refractivity contribution in [3.05, 3.63) is 103 Å². The van der Waals surface area contributed by atoms with Crippen molar-refractivity contribution < 1.29 is 9.59 Å². The Kier molecular flexibility index (Phi) is 33.3. The van der Waals surface area contributed by atoms with Crippen LogP contribution in [0.4, 0.5) is 0 Å². The van der Waals surface area contributed by atoms with Crippen molar-refractivity contribution in [3.63, 3.8) is 0 Å². The zero-order valence-corrected chi connectivity index (χ0v) is 68.3. The number of fused-ring (bicyclic) bond motifs is 5. The minimum absolute atomic E-state index is 0.122. The fraction of sp³-hybridized carbons (Fsp3) is 0.652. The molecule has 3 aromatic carbocycles. The molecule has 8 heteroatoms. The van der Waals surface area contributed by atoms with Crippen molar-refractivity contribution in [2.24, 2.45) is 5.41 Å². The third-order valence-corrected chi connectivity index (χ3v) is 28.2. The van der Waals surface area contributed by atoms with Crippen molar-refractivity contribution in [1.82, 2.24) is 9.80 Å². The molecular formula is C92H136N2O2S4. The first-order valence-electron chi connectivity index (χ1n) is 41.9. The quantitative estimate of drug-likeness (QED) is 0.0282. The molecule has 0 atom stereocenters. The summed E-state index contributed by atoms with van der Waals surface area (Å²) in [6.07, 6.45) is 59.3. The summed E-state index contributed by atoms with van der Waals surface area (Å²) in [6.45, 7) is 24.9. The lowest BCUT2D eigenvalue weighted by molar-refractivity contribution is 0.0823. The van der Waals surface area contributed by atoms with E-state index < -0.39 is 0 Å². The van der Waals surface area contributed by atoms with Crippen LogP contribution in [0.25, 0.3) is 61.8 Å². The minimum Gasteiger partial charge on any atom is -0.311 e. The van der Waals surface area contributed by atoms with Gasteiger partial charge >= 0.3 is 0 Å². The van der Waals surface area contributed by atoms with Gasteiger partial charge in [0.05, 0.1) is 10.6 Å². The van der Waals surface area contributed by atoms with Gasteiger partial charge < -0.3 is 9.80 Å². The van der Waals surface area contributed by atoms with Crippen LogP contribution in [0.15, 0.2) is 60.7 Å². The topological polar surface area (TPSA) is 40.6 Å². The van der Waals surface area contributed by atoms with Crippen LogP contribution in [0.2, 0.25) is 0 Å². The average Bonchev–Trinajstić information content (AvgIpc) is 1.56. The van der Waals surface area contributed by atoms with Crippen molar-refractivity contribution in [1.29, 1.82) is 0 Å². The number of unbranched alkanes of at least 4 members (excludes halogenated alkanes) is 38. The number of thiophene rings is 4. The number of amides is 2. The number of benzene rings is 3. The van der Waals surface area contributed by atoms with Crippen LogP contribution in [0, 0.1) is 5.41 Å². The summed E-state index contributed by atoms with van der Waals surface area (Å²) in [5, 5.41) is 6.67. The smallest absolute Gasteiger partial charge is 0.259 e. The molecule has 100 heavy (non-hydrogen) atoms. The van der Waals surface area contributed by atoms with Crippen molar-refractivity contribution in [2.75, 3.05) is 13.1 Å². The van der Waals surface area contributed by atoms with Crippen LogP contribution >= 0.6 is 45.3 Å². The van der Waals surface area contributed by atoms with Crippen molar-refractivity contribution >= 4 is 99.5 Å². The van der Waals surface area contributed by atoms with Crippen LogP contribution in [0.3, 0.4) is 0 Å². The van der Waals surface area contributed by atoms with Crippen LogP contribution < -0.4 is 10.4 Å². The summed E-state index contributed by atoms with van der Waals surface area (Å²) >= 11 is 8.18. The number of carbonyl (C=O) groups is 2. The molecular weight excluding hydrogens is 1290 g/mol. The molecule has 0 N–H and O–H groups in total. The van der Waals surface area contributed by atoms with Gasteiger partial charge in [0.1, 0.15) is 0 Å². The summed E-state index contributed by atoms with van der Waals surface area (Å²) < 4.78 is 3.09. The van der Waals surface area contributed by atoms with E-state index in [9.17, 15) is 0 Å². The number of carbonyl (C=O) groups excluding carboxylic acids is 2. The number of aryl methyl sites for hydroxylation is 2.